The molecule has 3 rings (SSSR count). The molecule has 146 valence electrons. The molecule has 1 heterocycles. The molecule has 1 amide bonds. The van der Waals surface area contributed by atoms with Gasteiger partial charge in [-0.25, -0.2) is 8.42 Å². The summed E-state index contributed by atoms with van der Waals surface area (Å²) in [4.78, 5) is 14.9. The van der Waals surface area contributed by atoms with Gasteiger partial charge in [0, 0.05) is 23.1 Å². The highest BCUT2D eigenvalue weighted by atomic mass is 32.2. The second kappa shape index (κ2) is 7.98. The van der Waals surface area contributed by atoms with Crippen LogP contribution in [0.4, 0.5) is 5.69 Å². The number of rotatable bonds is 6. The third kappa shape index (κ3) is 4.67. The Balaban J connectivity index is 1.93. The van der Waals surface area contributed by atoms with E-state index in [2.05, 4.69) is 5.16 Å². The number of amides is 1. The first-order valence-corrected chi connectivity index (χ1v) is 10.9. The van der Waals surface area contributed by atoms with Gasteiger partial charge in [0.15, 0.2) is 9.84 Å². The molecule has 0 N–H and O–H groups in total. The highest BCUT2D eigenvalue weighted by Gasteiger charge is 2.21. The molecule has 0 bridgehead atoms. The molecule has 0 aliphatic carbocycles. The van der Waals surface area contributed by atoms with Gasteiger partial charge in [0.05, 0.1) is 18.0 Å². The molecule has 0 spiro atoms. The molecule has 6 nitrogen and oxygen atoms in total. The number of carbonyl (C=O) groups is 1. The average Bonchev–Trinajstić information content (AvgIpc) is 2.97. The molecule has 0 saturated carbocycles. The Hall–Kier alpha value is -2.93. The van der Waals surface area contributed by atoms with Crippen molar-refractivity contribution in [1.29, 1.82) is 0 Å². The lowest BCUT2D eigenvalue weighted by Gasteiger charge is -2.23. The summed E-state index contributed by atoms with van der Waals surface area (Å²) in [7, 11) is -3.13. The standard InChI is InChI=1S/C21H22N2O4S/c1-15-20(16(2)27-22-15)13-23(19-7-5-4-6-8-19)21(24)18-11-9-17(10-12-18)14-28(3,25)26/h4-12H,13-14H2,1-3H3. The maximum atomic E-state index is 13.2. The Bertz CT molecular complexity index is 1050. The van der Waals surface area contributed by atoms with Crippen LogP contribution in [-0.4, -0.2) is 25.7 Å². The molecule has 0 aliphatic heterocycles. The van der Waals surface area contributed by atoms with Crippen LogP contribution in [0.2, 0.25) is 0 Å². The van der Waals surface area contributed by atoms with Gasteiger partial charge in [0.2, 0.25) is 0 Å². The lowest BCUT2D eigenvalue weighted by molar-refractivity contribution is 0.0985. The summed E-state index contributed by atoms with van der Waals surface area (Å²) >= 11 is 0. The molecule has 0 aliphatic rings. The van der Waals surface area contributed by atoms with E-state index in [1.54, 1.807) is 29.2 Å². The first-order chi connectivity index (χ1) is 13.2. The van der Waals surface area contributed by atoms with Gasteiger partial charge in [-0.05, 0) is 43.7 Å². The van der Waals surface area contributed by atoms with Gasteiger partial charge < -0.3 is 9.42 Å². The summed E-state index contributed by atoms with van der Waals surface area (Å²) < 4.78 is 28.2. The van der Waals surface area contributed by atoms with E-state index in [0.717, 1.165) is 16.9 Å². The summed E-state index contributed by atoms with van der Waals surface area (Å²) in [5, 5.41) is 3.97. The van der Waals surface area contributed by atoms with E-state index in [4.69, 9.17) is 4.52 Å². The molecule has 0 fully saturated rings. The zero-order valence-corrected chi connectivity index (χ0v) is 16.9. The van der Waals surface area contributed by atoms with Gasteiger partial charge in [0.25, 0.3) is 5.91 Å². The van der Waals surface area contributed by atoms with Crippen LogP contribution < -0.4 is 4.90 Å². The van der Waals surface area contributed by atoms with Crippen molar-refractivity contribution in [3.63, 3.8) is 0 Å². The predicted octanol–water partition coefficient (Wildman–Crippen LogP) is 3.68. The zero-order valence-electron chi connectivity index (χ0n) is 16.0. The second-order valence-corrected chi connectivity index (χ2v) is 8.94. The number of hydrogen-bond acceptors (Lipinski definition) is 5. The number of aryl methyl sites for hydroxylation is 2. The molecule has 2 aromatic carbocycles. The van der Waals surface area contributed by atoms with Gasteiger partial charge in [-0.3, -0.25) is 4.79 Å². The van der Waals surface area contributed by atoms with Crippen LogP contribution in [0.15, 0.2) is 59.1 Å². The molecule has 7 heteroatoms. The molecule has 3 aromatic rings. The Morgan fingerprint density at radius 1 is 1.04 bits per heavy atom. The normalized spacial score (nSPS) is 11.4. The van der Waals surface area contributed by atoms with Crippen molar-refractivity contribution in [3.8, 4) is 0 Å². The van der Waals surface area contributed by atoms with Gasteiger partial charge in [-0.15, -0.1) is 0 Å². The summed E-state index contributed by atoms with van der Waals surface area (Å²) in [5.74, 6) is 0.440. The van der Waals surface area contributed by atoms with Crippen LogP contribution in [0.1, 0.15) is 32.9 Å². The van der Waals surface area contributed by atoms with Crippen LogP contribution in [0.5, 0.6) is 0 Å². The largest absolute Gasteiger partial charge is 0.361 e. The quantitative estimate of drug-likeness (QED) is 0.633. The number of benzene rings is 2. The number of hydrogen-bond donors (Lipinski definition) is 0. The number of carbonyl (C=O) groups excluding carboxylic acids is 1. The molecule has 0 radical (unpaired) electrons. The highest BCUT2D eigenvalue weighted by molar-refractivity contribution is 7.89. The number of aromatic nitrogens is 1. The third-order valence-electron chi connectivity index (χ3n) is 4.44. The third-order valence-corrected chi connectivity index (χ3v) is 5.30. The minimum Gasteiger partial charge on any atom is -0.361 e. The topological polar surface area (TPSA) is 80.5 Å². The van der Waals surface area contributed by atoms with Crippen molar-refractivity contribution in [2.24, 2.45) is 0 Å². The maximum Gasteiger partial charge on any atom is 0.258 e. The molecule has 0 unspecified atom stereocenters. The number of sulfone groups is 1. The average molecular weight is 398 g/mol. The number of para-hydroxylation sites is 1. The Morgan fingerprint density at radius 3 is 2.21 bits per heavy atom. The van der Waals surface area contributed by atoms with Crippen LogP contribution in [0.25, 0.3) is 0 Å². The maximum absolute atomic E-state index is 13.2. The van der Waals surface area contributed by atoms with Crippen molar-refractivity contribution < 1.29 is 17.7 Å². The van der Waals surface area contributed by atoms with Gasteiger partial charge in [-0.2, -0.15) is 0 Å². The Morgan fingerprint density at radius 2 is 1.68 bits per heavy atom. The fourth-order valence-corrected chi connectivity index (χ4v) is 3.77. The first-order valence-electron chi connectivity index (χ1n) is 8.80. The molecular formula is C21H22N2O4S. The molecule has 28 heavy (non-hydrogen) atoms. The summed E-state index contributed by atoms with van der Waals surface area (Å²) in [6, 6.07) is 16.0. The SMILES string of the molecule is Cc1noc(C)c1CN(C(=O)c1ccc(CS(C)(=O)=O)cc1)c1ccccc1. The van der Waals surface area contributed by atoms with Crippen molar-refractivity contribution in [2.45, 2.75) is 26.1 Å². The first kappa shape index (κ1) is 19.8. The molecular weight excluding hydrogens is 376 g/mol. The van der Waals surface area contributed by atoms with E-state index in [-0.39, 0.29) is 11.7 Å². The minimum absolute atomic E-state index is 0.0526. The van der Waals surface area contributed by atoms with Crippen molar-refractivity contribution in [1.82, 2.24) is 5.16 Å². The molecule has 0 atom stereocenters. The minimum atomic E-state index is -3.13. The van der Waals surface area contributed by atoms with Crippen LogP contribution in [0.3, 0.4) is 0 Å². The summed E-state index contributed by atoms with van der Waals surface area (Å²) in [6.07, 6.45) is 1.19. The lowest BCUT2D eigenvalue weighted by atomic mass is 10.1. The highest BCUT2D eigenvalue weighted by Crippen LogP contribution is 2.23. The van der Waals surface area contributed by atoms with Crippen molar-refractivity contribution >= 4 is 21.4 Å². The summed E-state index contributed by atoms with van der Waals surface area (Å²) in [6.45, 7) is 4.00. The second-order valence-electron chi connectivity index (χ2n) is 6.80. The van der Waals surface area contributed by atoms with E-state index >= 15 is 0 Å². The van der Waals surface area contributed by atoms with Crippen molar-refractivity contribution in [2.75, 3.05) is 11.2 Å². The molecule has 1 aromatic heterocycles. The Kier molecular flexibility index (Phi) is 5.65. The van der Waals surface area contributed by atoms with Crippen LogP contribution >= 0.6 is 0 Å². The van der Waals surface area contributed by atoms with E-state index in [0.29, 0.717) is 23.4 Å². The van der Waals surface area contributed by atoms with Crippen LogP contribution in [0, 0.1) is 13.8 Å². The van der Waals surface area contributed by atoms with Crippen molar-refractivity contribution in [3.05, 3.63) is 82.7 Å². The van der Waals surface area contributed by atoms with E-state index in [1.807, 2.05) is 44.2 Å². The molecule has 0 saturated heterocycles. The van der Waals surface area contributed by atoms with Gasteiger partial charge in [0.1, 0.15) is 5.76 Å². The smallest absolute Gasteiger partial charge is 0.258 e. The van der Waals surface area contributed by atoms with Gasteiger partial charge >= 0.3 is 0 Å². The van der Waals surface area contributed by atoms with E-state index in [9.17, 15) is 13.2 Å². The van der Waals surface area contributed by atoms with Crippen LogP contribution in [-0.2, 0) is 22.1 Å². The monoisotopic (exact) mass is 398 g/mol. The number of nitrogens with zero attached hydrogens (tertiary/aromatic N) is 2. The fraction of sp³-hybridized carbons (Fsp3) is 0.238. The zero-order chi connectivity index (χ0) is 20.3. The van der Waals surface area contributed by atoms with E-state index < -0.39 is 9.84 Å². The predicted molar refractivity (Wildman–Crippen MR) is 108 cm³/mol. The van der Waals surface area contributed by atoms with E-state index in [1.165, 1.54) is 6.26 Å². The lowest BCUT2D eigenvalue weighted by Crippen LogP contribution is -2.30. The number of anilines is 1. The Labute approximate surface area is 164 Å². The van der Waals surface area contributed by atoms with Gasteiger partial charge in [-0.1, -0.05) is 35.5 Å². The fourth-order valence-electron chi connectivity index (χ4n) is 2.98. The summed E-state index contributed by atoms with van der Waals surface area (Å²) in [5.41, 5.74) is 3.50.